The van der Waals surface area contributed by atoms with E-state index >= 15 is 0 Å². The molecule has 0 radical (unpaired) electrons. The number of carboxylic acid groups (broad SMARTS) is 1. The summed E-state index contributed by atoms with van der Waals surface area (Å²) in [5, 5.41) is 12.2. The van der Waals surface area contributed by atoms with Crippen LogP contribution in [0.5, 0.6) is 0 Å². The van der Waals surface area contributed by atoms with Gasteiger partial charge < -0.3 is 10.4 Å². The Morgan fingerprint density at radius 1 is 1.33 bits per heavy atom. The molecule has 0 aliphatic heterocycles. The first-order valence-corrected chi connectivity index (χ1v) is 7.16. The van der Waals surface area contributed by atoms with E-state index in [-0.39, 0.29) is 0 Å². The molecule has 0 saturated heterocycles. The Bertz CT molecular complexity index is 563. The number of hydrogen-bond acceptors (Lipinski definition) is 2. The molecule has 2 rings (SSSR count). The van der Waals surface area contributed by atoms with Crippen molar-refractivity contribution in [3.05, 3.63) is 35.1 Å². The number of hydrogen-bond donors (Lipinski definition) is 2. The van der Waals surface area contributed by atoms with Crippen molar-refractivity contribution >= 4 is 11.9 Å². The molecule has 0 unspecified atom stereocenters. The van der Waals surface area contributed by atoms with Crippen molar-refractivity contribution in [3.8, 4) is 0 Å². The summed E-state index contributed by atoms with van der Waals surface area (Å²) < 4.78 is 13.1. The molecule has 4 nitrogen and oxygen atoms in total. The molecule has 1 aliphatic rings. The Labute approximate surface area is 123 Å². The summed E-state index contributed by atoms with van der Waals surface area (Å²) in [4.78, 5) is 24.0. The molecule has 1 saturated carbocycles. The van der Waals surface area contributed by atoms with Crippen LogP contribution in [-0.2, 0) is 4.79 Å². The summed E-state index contributed by atoms with van der Waals surface area (Å²) in [6.07, 6.45) is 2.40. The van der Waals surface area contributed by atoms with E-state index in [1.807, 2.05) is 0 Å². The molecule has 0 bridgehead atoms. The van der Waals surface area contributed by atoms with Crippen LogP contribution in [0.2, 0.25) is 0 Å². The summed E-state index contributed by atoms with van der Waals surface area (Å²) in [5.41, 5.74) is -0.391. The van der Waals surface area contributed by atoms with Gasteiger partial charge in [0, 0.05) is 5.56 Å². The molecule has 0 aromatic heterocycles. The first-order chi connectivity index (χ1) is 9.84. The van der Waals surface area contributed by atoms with Crippen molar-refractivity contribution in [2.75, 3.05) is 0 Å². The maximum absolute atomic E-state index is 13.1. The minimum Gasteiger partial charge on any atom is -0.480 e. The number of rotatable bonds is 3. The van der Waals surface area contributed by atoms with Crippen LogP contribution >= 0.6 is 0 Å². The second kappa shape index (κ2) is 5.84. The fourth-order valence-corrected chi connectivity index (χ4v) is 2.81. The topological polar surface area (TPSA) is 66.4 Å². The summed E-state index contributed by atoms with van der Waals surface area (Å²) in [6, 6.07) is 3.87. The molecule has 0 spiro atoms. The lowest BCUT2D eigenvalue weighted by molar-refractivity contribution is -0.146. The van der Waals surface area contributed by atoms with Crippen molar-refractivity contribution in [2.45, 2.75) is 45.1 Å². The lowest BCUT2D eigenvalue weighted by Gasteiger charge is -2.36. The first kappa shape index (κ1) is 15.5. The predicted octanol–water partition coefficient (Wildman–Crippen LogP) is 2.90. The minimum atomic E-state index is -1.20. The second-order valence-electron chi connectivity index (χ2n) is 5.98. The molecule has 5 heteroatoms. The molecule has 0 atom stereocenters. The average Bonchev–Trinajstić information content (AvgIpc) is 2.41. The SMILES string of the molecule is Cc1cc(F)ccc1C(=O)NC1(C(=O)O)CCC(C)CC1. The maximum Gasteiger partial charge on any atom is 0.329 e. The van der Waals surface area contributed by atoms with E-state index in [2.05, 4.69) is 12.2 Å². The Balaban J connectivity index is 2.21. The van der Waals surface area contributed by atoms with Crippen LogP contribution in [0.1, 0.15) is 48.5 Å². The molecule has 0 heterocycles. The Morgan fingerprint density at radius 2 is 1.95 bits per heavy atom. The summed E-state index contributed by atoms with van der Waals surface area (Å²) in [6.45, 7) is 3.71. The fourth-order valence-electron chi connectivity index (χ4n) is 2.81. The van der Waals surface area contributed by atoms with E-state index in [9.17, 15) is 19.1 Å². The third kappa shape index (κ3) is 3.23. The quantitative estimate of drug-likeness (QED) is 0.900. The minimum absolute atomic E-state index is 0.315. The largest absolute Gasteiger partial charge is 0.480 e. The van der Waals surface area contributed by atoms with Crippen molar-refractivity contribution in [3.63, 3.8) is 0 Å². The lowest BCUT2D eigenvalue weighted by atomic mass is 9.77. The van der Waals surface area contributed by atoms with Crippen LogP contribution in [-0.4, -0.2) is 22.5 Å². The number of carbonyl (C=O) groups is 2. The zero-order valence-corrected chi connectivity index (χ0v) is 12.3. The number of aliphatic carboxylic acids is 1. The number of carbonyl (C=O) groups excluding carboxylic acids is 1. The molecular weight excluding hydrogens is 273 g/mol. The number of amides is 1. The van der Waals surface area contributed by atoms with Crippen LogP contribution in [0.3, 0.4) is 0 Å². The molecule has 2 N–H and O–H groups in total. The maximum atomic E-state index is 13.1. The highest BCUT2D eigenvalue weighted by molar-refractivity contribution is 5.99. The summed E-state index contributed by atoms with van der Waals surface area (Å²) in [7, 11) is 0. The van der Waals surface area contributed by atoms with Gasteiger partial charge in [0.15, 0.2) is 0 Å². The van der Waals surface area contributed by atoms with Gasteiger partial charge in [-0.1, -0.05) is 6.92 Å². The average molecular weight is 293 g/mol. The molecule has 1 aromatic carbocycles. The smallest absolute Gasteiger partial charge is 0.329 e. The van der Waals surface area contributed by atoms with E-state index < -0.39 is 23.2 Å². The number of nitrogens with one attached hydrogen (secondary N) is 1. The van der Waals surface area contributed by atoms with E-state index in [4.69, 9.17) is 0 Å². The molecule has 1 aliphatic carbocycles. The van der Waals surface area contributed by atoms with Gasteiger partial charge in [-0.25, -0.2) is 9.18 Å². The van der Waals surface area contributed by atoms with Gasteiger partial charge in [0.1, 0.15) is 11.4 Å². The lowest BCUT2D eigenvalue weighted by Crippen LogP contribution is -2.56. The second-order valence-corrected chi connectivity index (χ2v) is 5.98. The Kier molecular flexibility index (Phi) is 4.30. The zero-order chi connectivity index (χ0) is 15.6. The van der Waals surface area contributed by atoms with Gasteiger partial charge in [-0.3, -0.25) is 4.79 Å². The van der Waals surface area contributed by atoms with Crippen molar-refractivity contribution < 1.29 is 19.1 Å². The van der Waals surface area contributed by atoms with Crippen LogP contribution in [0.4, 0.5) is 4.39 Å². The summed E-state index contributed by atoms with van der Waals surface area (Å²) in [5.74, 6) is -1.39. The van der Waals surface area contributed by atoms with Crippen LogP contribution in [0, 0.1) is 18.7 Å². The van der Waals surface area contributed by atoms with E-state index in [1.54, 1.807) is 6.92 Å². The molecule has 1 amide bonds. The third-order valence-electron chi connectivity index (χ3n) is 4.32. The Morgan fingerprint density at radius 3 is 2.48 bits per heavy atom. The van der Waals surface area contributed by atoms with E-state index in [0.29, 0.717) is 29.9 Å². The monoisotopic (exact) mass is 293 g/mol. The molecule has 21 heavy (non-hydrogen) atoms. The number of aryl methyl sites for hydroxylation is 1. The van der Waals surface area contributed by atoms with E-state index in [1.165, 1.54) is 18.2 Å². The van der Waals surface area contributed by atoms with Gasteiger partial charge in [0.2, 0.25) is 0 Å². The predicted molar refractivity (Wildman–Crippen MR) is 76.6 cm³/mol. The standard InChI is InChI=1S/C16H20FNO3/c1-10-5-7-16(8-6-10,15(20)21)18-14(19)13-4-3-12(17)9-11(13)2/h3-4,9-10H,5-8H2,1-2H3,(H,18,19)(H,20,21). The van der Waals surface area contributed by atoms with Gasteiger partial charge in [0.25, 0.3) is 5.91 Å². The fraction of sp³-hybridized carbons (Fsp3) is 0.500. The molecule has 114 valence electrons. The molecule has 1 fully saturated rings. The first-order valence-electron chi connectivity index (χ1n) is 7.16. The van der Waals surface area contributed by atoms with Gasteiger partial charge in [0.05, 0.1) is 0 Å². The van der Waals surface area contributed by atoms with Crippen LogP contribution in [0.15, 0.2) is 18.2 Å². The molecular formula is C16H20FNO3. The number of benzene rings is 1. The normalized spacial score (nSPS) is 25.4. The van der Waals surface area contributed by atoms with Crippen molar-refractivity contribution in [1.29, 1.82) is 0 Å². The summed E-state index contributed by atoms with van der Waals surface area (Å²) >= 11 is 0. The highest BCUT2D eigenvalue weighted by Gasteiger charge is 2.42. The van der Waals surface area contributed by atoms with Crippen LogP contribution < -0.4 is 5.32 Å². The zero-order valence-electron chi connectivity index (χ0n) is 12.3. The van der Waals surface area contributed by atoms with Crippen LogP contribution in [0.25, 0.3) is 0 Å². The Hall–Kier alpha value is -1.91. The van der Waals surface area contributed by atoms with Gasteiger partial charge in [-0.15, -0.1) is 0 Å². The van der Waals surface area contributed by atoms with E-state index in [0.717, 1.165) is 12.8 Å². The van der Waals surface area contributed by atoms with Gasteiger partial charge in [-0.2, -0.15) is 0 Å². The third-order valence-corrected chi connectivity index (χ3v) is 4.32. The highest BCUT2D eigenvalue weighted by atomic mass is 19.1. The number of halogens is 1. The van der Waals surface area contributed by atoms with Gasteiger partial charge in [-0.05, 0) is 62.3 Å². The number of carboxylic acids is 1. The van der Waals surface area contributed by atoms with Gasteiger partial charge >= 0.3 is 5.97 Å². The van der Waals surface area contributed by atoms with Crippen molar-refractivity contribution in [1.82, 2.24) is 5.32 Å². The highest BCUT2D eigenvalue weighted by Crippen LogP contribution is 2.32. The van der Waals surface area contributed by atoms with Crippen molar-refractivity contribution in [2.24, 2.45) is 5.92 Å². The molecule has 1 aromatic rings.